The second kappa shape index (κ2) is 3.84. The zero-order valence-electron chi connectivity index (χ0n) is 8.89. The van der Waals surface area contributed by atoms with Crippen LogP contribution in [0.1, 0.15) is 18.4 Å². The van der Waals surface area contributed by atoms with Gasteiger partial charge in [-0.05, 0) is 18.9 Å². The Balaban J connectivity index is 2.71. The Kier molecular flexibility index (Phi) is 2.73. The van der Waals surface area contributed by atoms with Crippen molar-refractivity contribution in [1.82, 2.24) is 0 Å². The lowest BCUT2D eigenvalue weighted by Crippen LogP contribution is -2.22. The highest BCUT2D eigenvalue weighted by molar-refractivity contribution is 6.32. The minimum Gasteiger partial charge on any atom is -0.495 e. The Labute approximate surface area is 101 Å². The van der Waals surface area contributed by atoms with Crippen LogP contribution in [0.2, 0.25) is 5.02 Å². The molecule has 1 saturated carbocycles. The maximum absolute atomic E-state index is 13.7. The van der Waals surface area contributed by atoms with Crippen LogP contribution in [0, 0.1) is 11.6 Å². The normalized spacial score (nSPS) is 16.7. The summed E-state index contributed by atoms with van der Waals surface area (Å²) >= 11 is 5.72. The first-order chi connectivity index (χ1) is 7.94. The van der Waals surface area contributed by atoms with Crippen molar-refractivity contribution in [1.29, 1.82) is 0 Å². The standard InChI is InChI=1S/C11H9ClF2O3/c1-17-9-5(12)4-6(13)8(14)7(9)11(2-3-11)10(15)16/h4H,2-3H2,1H3,(H,15,16). The maximum Gasteiger partial charge on any atom is 0.314 e. The summed E-state index contributed by atoms with van der Waals surface area (Å²) in [7, 11) is 1.24. The second-order valence-electron chi connectivity index (χ2n) is 3.95. The number of hydrogen-bond acceptors (Lipinski definition) is 2. The summed E-state index contributed by atoms with van der Waals surface area (Å²) < 4.78 is 31.9. The van der Waals surface area contributed by atoms with Gasteiger partial charge in [0.15, 0.2) is 11.6 Å². The molecule has 0 atom stereocenters. The predicted octanol–water partition coefficient (Wildman–Crippen LogP) is 2.74. The molecule has 0 saturated heterocycles. The van der Waals surface area contributed by atoms with E-state index in [-0.39, 0.29) is 29.2 Å². The number of carbonyl (C=O) groups is 1. The number of aliphatic carboxylic acids is 1. The van der Waals surface area contributed by atoms with E-state index in [4.69, 9.17) is 21.4 Å². The largest absolute Gasteiger partial charge is 0.495 e. The lowest BCUT2D eigenvalue weighted by atomic mass is 9.94. The summed E-state index contributed by atoms with van der Waals surface area (Å²) in [5.74, 6) is -3.67. The van der Waals surface area contributed by atoms with Crippen molar-refractivity contribution in [2.45, 2.75) is 18.3 Å². The summed E-state index contributed by atoms with van der Waals surface area (Å²) in [6.45, 7) is 0. The molecule has 1 aromatic carbocycles. The minimum atomic E-state index is -1.40. The maximum atomic E-state index is 13.7. The predicted molar refractivity (Wildman–Crippen MR) is 56.5 cm³/mol. The van der Waals surface area contributed by atoms with Crippen LogP contribution < -0.4 is 4.74 Å². The highest BCUT2D eigenvalue weighted by atomic mass is 35.5. The molecule has 0 radical (unpaired) electrons. The smallest absolute Gasteiger partial charge is 0.314 e. The lowest BCUT2D eigenvalue weighted by molar-refractivity contribution is -0.140. The van der Waals surface area contributed by atoms with Crippen molar-refractivity contribution in [2.75, 3.05) is 7.11 Å². The number of benzene rings is 1. The van der Waals surface area contributed by atoms with Gasteiger partial charge in [0.25, 0.3) is 0 Å². The molecule has 1 aliphatic rings. The molecule has 0 bridgehead atoms. The first kappa shape index (κ1) is 12.1. The Morgan fingerprint density at radius 2 is 2.12 bits per heavy atom. The van der Waals surface area contributed by atoms with Crippen molar-refractivity contribution in [3.05, 3.63) is 28.3 Å². The average Bonchev–Trinajstić information content (AvgIpc) is 3.04. The minimum absolute atomic E-state index is 0.106. The van der Waals surface area contributed by atoms with Gasteiger partial charge in [-0.15, -0.1) is 0 Å². The van der Waals surface area contributed by atoms with Gasteiger partial charge in [-0.1, -0.05) is 11.6 Å². The second-order valence-corrected chi connectivity index (χ2v) is 4.36. The van der Waals surface area contributed by atoms with E-state index in [9.17, 15) is 13.6 Å². The van der Waals surface area contributed by atoms with Gasteiger partial charge in [-0.25, -0.2) is 8.78 Å². The molecule has 0 heterocycles. The van der Waals surface area contributed by atoms with Gasteiger partial charge >= 0.3 is 5.97 Å². The van der Waals surface area contributed by atoms with Crippen LogP contribution in [-0.2, 0) is 10.2 Å². The van der Waals surface area contributed by atoms with Crippen LogP contribution >= 0.6 is 11.6 Å². The van der Waals surface area contributed by atoms with Crippen molar-refractivity contribution < 1.29 is 23.4 Å². The monoisotopic (exact) mass is 262 g/mol. The molecule has 92 valence electrons. The van der Waals surface area contributed by atoms with Gasteiger partial charge in [0, 0.05) is 0 Å². The van der Waals surface area contributed by atoms with Crippen LogP contribution in [0.4, 0.5) is 8.78 Å². The van der Waals surface area contributed by atoms with Crippen LogP contribution in [0.25, 0.3) is 0 Å². The molecule has 1 aromatic rings. The Bertz CT molecular complexity index is 498. The Morgan fingerprint density at radius 1 is 1.53 bits per heavy atom. The SMILES string of the molecule is COc1c(Cl)cc(F)c(F)c1C1(C(=O)O)CC1. The third-order valence-corrected chi connectivity index (χ3v) is 3.25. The molecule has 1 aliphatic carbocycles. The number of carboxylic acid groups (broad SMARTS) is 1. The molecule has 0 unspecified atom stereocenters. The van der Waals surface area contributed by atoms with Crippen LogP contribution in [0.3, 0.4) is 0 Å². The first-order valence-corrected chi connectivity index (χ1v) is 5.27. The molecule has 2 rings (SSSR count). The van der Waals surface area contributed by atoms with E-state index in [1.165, 1.54) is 7.11 Å². The zero-order chi connectivity index (χ0) is 12.8. The van der Waals surface area contributed by atoms with Crippen LogP contribution in [0.5, 0.6) is 5.75 Å². The van der Waals surface area contributed by atoms with Gasteiger partial charge in [0.05, 0.1) is 23.1 Å². The summed E-state index contributed by atoms with van der Waals surface area (Å²) in [5.41, 5.74) is -1.70. The highest BCUT2D eigenvalue weighted by Gasteiger charge is 2.55. The Hall–Kier alpha value is -1.36. The van der Waals surface area contributed by atoms with E-state index in [1.807, 2.05) is 0 Å². The van der Waals surface area contributed by atoms with E-state index < -0.39 is 23.0 Å². The average molecular weight is 263 g/mol. The van der Waals surface area contributed by atoms with Gasteiger partial charge in [0.2, 0.25) is 0 Å². The molecule has 3 nitrogen and oxygen atoms in total. The third-order valence-electron chi connectivity index (χ3n) is 2.97. The van der Waals surface area contributed by atoms with Gasteiger partial charge in [-0.2, -0.15) is 0 Å². The number of ether oxygens (including phenoxy) is 1. The van der Waals surface area contributed by atoms with Gasteiger partial charge in [-0.3, -0.25) is 4.79 Å². The number of carboxylic acids is 1. The molecule has 0 spiro atoms. The summed E-state index contributed by atoms with van der Waals surface area (Å²) in [4.78, 5) is 11.1. The van der Waals surface area contributed by atoms with E-state index in [0.717, 1.165) is 6.07 Å². The van der Waals surface area contributed by atoms with Crippen molar-refractivity contribution in [3.8, 4) is 5.75 Å². The topological polar surface area (TPSA) is 46.5 Å². The first-order valence-electron chi connectivity index (χ1n) is 4.89. The molecular formula is C11H9ClF2O3. The zero-order valence-corrected chi connectivity index (χ0v) is 9.65. The van der Waals surface area contributed by atoms with E-state index in [0.29, 0.717) is 0 Å². The molecule has 0 aromatic heterocycles. The van der Waals surface area contributed by atoms with Gasteiger partial charge < -0.3 is 9.84 Å². The summed E-state index contributed by atoms with van der Waals surface area (Å²) in [5, 5.41) is 8.97. The molecule has 17 heavy (non-hydrogen) atoms. The van der Waals surface area contributed by atoms with Crippen LogP contribution in [0.15, 0.2) is 6.07 Å². The van der Waals surface area contributed by atoms with E-state index >= 15 is 0 Å². The molecule has 1 fully saturated rings. The Morgan fingerprint density at radius 3 is 2.53 bits per heavy atom. The summed E-state index contributed by atoms with van der Waals surface area (Å²) in [6, 6.07) is 0.775. The van der Waals surface area contributed by atoms with Crippen molar-refractivity contribution >= 4 is 17.6 Å². The molecule has 1 N–H and O–H groups in total. The van der Waals surface area contributed by atoms with Crippen LogP contribution in [-0.4, -0.2) is 18.2 Å². The number of rotatable bonds is 3. The fraction of sp³-hybridized carbons (Fsp3) is 0.364. The highest BCUT2D eigenvalue weighted by Crippen LogP contribution is 2.54. The lowest BCUT2D eigenvalue weighted by Gasteiger charge is -2.17. The third kappa shape index (κ3) is 1.65. The quantitative estimate of drug-likeness (QED) is 0.852. The number of hydrogen-bond donors (Lipinski definition) is 1. The fourth-order valence-corrected chi connectivity index (χ4v) is 2.17. The van der Waals surface area contributed by atoms with Crippen molar-refractivity contribution in [2.24, 2.45) is 0 Å². The van der Waals surface area contributed by atoms with E-state index in [1.54, 1.807) is 0 Å². The molecule has 6 heteroatoms. The fourth-order valence-electron chi connectivity index (χ4n) is 1.90. The molecule has 0 amide bonds. The molecule has 0 aliphatic heterocycles. The van der Waals surface area contributed by atoms with Crippen molar-refractivity contribution in [3.63, 3.8) is 0 Å². The van der Waals surface area contributed by atoms with Gasteiger partial charge in [0.1, 0.15) is 5.75 Å². The number of methoxy groups -OCH3 is 1. The number of halogens is 3. The summed E-state index contributed by atoms with van der Waals surface area (Å²) in [6.07, 6.45) is 0.491. The van der Waals surface area contributed by atoms with E-state index in [2.05, 4.69) is 0 Å². The molecular weight excluding hydrogens is 254 g/mol.